The van der Waals surface area contributed by atoms with Crippen LogP contribution in [0.15, 0.2) is 36.9 Å². The Morgan fingerprint density at radius 1 is 1.47 bits per heavy atom. The third kappa shape index (κ3) is 3.54. The van der Waals surface area contributed by atoms with E-state index in [1.54, 1.807) is 12.5 Å². The second-order valence-corrected chi connectivity index (χ2v) is 4.03. The van der Waals surface area contributed by atoms with E-state index in [1.165, 1.54) is 12.1 Å². The van der Waals surface area contributed by atoms with Gasteiger partial charge in [-0.3, -0.25) is 0 Å². The van der Waals surface area contributed by atoms with Crippen molar-refractivity contribution in [2.24, 2.45) is 0 Å². The zero-order valence-electron chi connectivity index (χ0n) is 10.3. The summed E-state index contributed by atoms with van der Waals surface area (Å²) in [4.78, 5) is 15.6. The number of imidazole rings is 1. The first-order valence-corrected chi connectivity index (χ1v) is 5.84. The third-order valence-corrected chi connectivity index (χ3v) is 2.58. The highest BCUT2D eigenvalue weighted by molar-refractivity contribution is 5.90. The number of hydrogen-bond acceptors (Lipinski definition) is 4. The molecule has 0 spiro atoms. The highest BCUT2D eigenvalue weighted by atomic mass is 19.1. The number of rotatable bonds is 5. The number of nitrogen functional groups attached to an aromatic ring is 1. The summed E-state index contributed by atoms with van der Waals surface area (Å²) in [5.41, 5.74) is 5.57. The van der Waals surface area contributed by atoms with Gasteiger partial charge in [0, 0.05) is 18.9 Å². The Morgan fingerprint density at radius 2 is 2.32 bits per heavy atom. The van der Waals surface area contributed by atoms with Crippen LogP contribution in [-0.2, 0) is 11.3 Å². The zero-order valence-corrected chi connectivity index (χ0v) is 10.3. The number of benzene rings is 1. The van der Waals surface area contributed by atoms with Gasteiger partial charge in [-0.25, -0.2) is 14.2 Å². The maximum atomic E-state index is 12.9. The second kappa shape index (κ2) is 5.99. The van der Waals surface area contributed by atoms with E-state index in [9.17, 15) is 9.18 Å². The first-order valence-electron chi connectivity index (χ1n) is 5.84. The highest BCUT2D eigenvalue weighted by Gasteiger charge is 2.09. The number of ether oxygens (including phenoxy) is 1. The number of carbonyl (C=O) groups is 1. The largest absolute Gasteiger partial charge is 0.462 e. The molecule has 0 bridgehead atoms. The molecular weight excluding hydrogens is 249 g/mol. The number of carbonyl (C=O) groups excluding carboxylic acids is 1. The van der Waals surface area contributed by atoms with Crippen LogP contribution < -0.4 is 5.73 Å². The topological polar surface area (TPSA) is 70.1 Å². The third-order valence-electron chi connectivity index (χ3n) is 2.58. The van der Waals surface area contributed by atoms with Gasteiger partial charge in [-0.15, -0.1) is 0 Å². The summed E-state index contributed by atoms with van der Waals surface area (Å²) in [6.45, 7) is 1.01. The van der Waals surface area contributed by atoms with E-state index in [0.29, 0.717) is 6.42 Å². The molecule has 0 saturated heterocycles. The Labute approximate surface area is 109 Å². The smallest absolute Gasteiger partial charge is 0.338 e. The number of aryl methyl sites for hydroxylation is 1. The normalized spacial score (nSPS) is 10.4. The summed E-state index contributed by atoms with van der Waals surface area (Å²) in [5, 5.41) is 0. The Balaban J connectivity index is 1.79. The van der Waals surface area contributed by atoms with Crippen LogP contribution in [0.2, 0.25) is 0 Å². The van der Waals surface area contributed by atoms with Crippen molar-refractivity contribution in [1.82, 2.24) is 9.55 Å². The molecule has 19 heavy (non-hydrogen) atoms. The standard InChI is InChI=1S/C13H14FN3O2/c14-11-3-2-10(8-12(11)15)13(18)19-7-1-5-17-6-4-16-9-17/h2-4,6,8-9H,1,5,7,15H2. The van der Waals surface area contributed by atoms with Gasteiger partial charge in [-0.2, -0.15) is 0 Å². The predicted molar refractivity (Wildman–Crippen MR) is 67.9 cm³/mol. The van der Waals surface area contributed by atoms with Crippen molar-refractivity contribution in [3.63, 3.8) is 0 Å². The van der Waals surface area contributed by atoms with Crippen LogP contribution in [0.1, 0.15) is 16.8 Å². The lowest BCUT2D eigenvalue weighted by atomic mass is 10.2. The van der Waals surface area contributed by atoms with Gasteiger partial charge in [0.2, 0.25) is 0 Å². The molecule has 0 aliphatic carbocycles. The summed E-state index contributed by atoms with van der Waals surface area (Å²) in [6, 6.07) is 3.77. The molecule has 2 rings (SSSR count). The Bertz CT molecular complexity index is 555. The van der Waals surface area contributed by atoms with Crippen LogP contribution in [-0.4, -0.2) is 22.1 Å². The number of halogens is 1. The van der Waals surface area contributed by atoms with Gasteiger partial charge in [0.05, 0.1) is 24.2 Å². The summed E-state index contributed by atoms with van der Waals surface area (Å²) >= 11 is 0. The van der Waals surface area contributed by atoms with Gasteiger partial charge in [-0.05, 0) is 24.6 Å². The highest BCUT2D eigenvalue weighted by Crippen LogP contribution is 2.13. The lowest BCUT2D eigenvalue weighted by Crippen LogP contribution is -2.09. The Morgan fingerprint density at radius 3 is 3.00 bits per heavy atom. The minimum absolute atomic E-state index is 0.0622. The van der Waals surface area contributed by atoms with Crippen LogP contribution in [0.5, 0.6) is 0 Å². The van der Waals surface area contributed by atoms with Crippen molar-refractivity contribution in [3.05, 3.63) is 48.3 Å². The molecule has 0 unspecified atom stereocenters. The lowest BCUT2D eigenvalue weighted by molar-refractivity contribution is 0.0496. The summed E-state index contributed by atoms with van der Waals surface area (Å²) < 4.78 is 19.9. The number of esters is 1. The molecule has 1 aromatic carbocycles. The number of nitrogens with two attached hydrogens (primary N) is 1. The average Bonchev–Trinajstić information content (AvgIpc) is 2.91. The predicted octanol–water partition coefficient (Wildman–Crippen LogP) is 1.85. The van der Waals surface area contributed by atoms with Crippen LogP contribution in [0, 0.1) is 5.82 Å². The Hall–Kier alpha value is -2.37. The van der Waals surface area contributed by atoms with Crippen molar-refractivity contribution >= 4 is 11.7 Å². The fourth-order valence-electron chi connectivity index (χ4n) is 1.59. The fourth-order valence-corrected chi connectivity index (χ4v) is 1.59. The SMILES string of the molecule is Nc1cc(C(=O)OCCCn2ccnc2)ccc1F. The van der Waals surface area contributed by atoms with Crippen LogP contribution in [0.3, 0.4) is 0 Å². The molecule has 0 amide bonds. The molecule has 100 valence electrons. The average molecular weight is 263 g/mol. The van der Waals surface area contributed by atoms with Gasteiger partial charge < -0.3 is 15.0 Å². The van der Waals surface area contributed by atoms with E-state index in [4.69, 9.17) is 10.5 Å². The molecule has 1 heterocycles. The van der Waals surface area contributed by atoms with Crippen LogP contribution in [0.4, 0.5) is 10.1 Å². The molecule has 0 fully saturated rings. The summed E-state index contributed by atoms with van der Waals surface area (Å²) in [6.07, 6.45) is 5.90. The van der Waals surface area contributed by atoms with Gasteiger partial charge in [0.25, 0.3) is 0 Å². The minimum atomic E-state index is -0.545. The molecule has 0 aliphatic rings. The molecule has 0 atom stereocenters. The van der Waals surface area contributed by atoms with E-state index < -0.39 is 11.8 Å². The molecule has 0 radical (unpaired) electrons. The molecule has 0 aliphatic heterocycles. The number of aromatic nitrogens is 2. The van der Waals surface area contributed by atoms with E-state index in [0.717, 1.165) is 12.6 Å². The number of hydrogen-bond donors (Lipinski definition) is 1. The monoisotopic (exact) mass is 263 g/mol. The van der Waals surface area contributed by atoms with Crippen molar-refractivity contribution in [3.8, 4) is 0 Å². The molecule has 2 N–H and O–H groups in total. The Kier molecular flexibility index (Phi) is 4.12. The van der Waals surface area contributed by atoms with Gasteiger partial charge in [0.1, 0.15) is 5.82 Å². The molecule has 2 aromatic rings. The van der Waals surface area contributed by atoms with E-state index in [-0.39, 0.29) is 17.9 Å². The second-order valence-electron chi connectivity index (χ2n) is 4.03. The molecule has 5 nitrogen and oxygen atoms in total. The fraction of sp³-hybridized carbons (Fsp3) is 0.231. The van der Waals surface area contributed by atoms with Gasteiger partial charge in [-0.1, -0.05) is 0 Å². The maximum absolute atomic E-state index is 12.9. The molecule has 0 saturated carbocycles. The van der Waals surface area contributed by atoms with E-state index in [1.807, 2.05) is 10.8 Å². The van der Waals surface area contributed by atoms with Gasteiger partial charge >= 0.3 is 5.97 Å². The van der Waals surface area contributed by atoms with Crippen LogP contribution in [0.25, 0.3) is 0 Å². The maximum Gasteiger partial charge on any atom is 0.338 e. The molecular formula is C13H14FN3O2. The zero-order chi connectivity index (χ0) is 13.7. The minimum Gasteiger partial charge on any atom is -0.462 e. The van der Waals surface area contributed by atoms with Crippen molar-refractivity contribution in [1.29, 1.82) is 0 Å². The first-order chi connectivity index (χ1) is 9.16. The van der Waals surface area contributed by atoms with E-state index in [2.05, 4.69) is 4.98 Å². The van der Waals surface area contributed by atoms with Crippen molar-refractivity contribution < 1.29 is 13.9 Å². The van der Waals surface area contributed by atoms with Gasteiger partial charge in [0.15, 0.2) is 0 Å². The molecule has 1 aromatic heterocycles. The lowest BCUT2D eigenvalue weighted by Gasteiger charge is -2.06. The van der Waals surface area contributed by atoms with Crippen molar-refractivity contribution in [2.45, 2.75) is 13.0 Å². The summed E-state index contributed by atoms with van der Waals surface area (Å²) in [5.74, 6) is -1.05. The van der Waals surface area contributed by atoms with Crippen LogP contribution >= 0.6 is 0 Å². The molecule has 6 heteroatoms. The number of anilines is 1. The first kappa shape index (κ1) is 13.1. The quantitative estimate of drug-likeness (QED) is 0.507. The van der Waals surface area contributed by atoms with E-state index >= 15 is 0 Å². The van der Waals surface area contributed by atoms with Crippen molar-refractivity contribution in [2.75, 3.05) is 12.3 Å². The number of nitrogens with zero attached hydrogens (tertiary/aromatic N) is 2. The summed E-state index contributed by atoms with van der Waals surface area (Å²) in [7, 11) is 0.